The van der Waals surface area contributed by atoms with Crippen LogP contribution in [-0.2, 0) is 0 Å². The fourth-order valence-corrected chi connectivity index (χ4v) is 1.30. The van der Waals surface area contributed by atoms with Crippen LogP contribution in [0.3, 0.4) is 0 Å². The maximum atomic E-state index is 11.7. The molecule has 0 saturated carbocycles. The van der Waals surface area contributed by atoms with Crippen LogP contribution >= 0.6 is 0 Å². The van der Waals surface area contributed by atoms with Crippen LogP contribution < -0.4 is 10.9 Å². The number of nitrogens with one attached hydrogen (secondary N) is 1. The highest BCUT2D eigenvalue weighted by Crippen LogP contribution is 1.99. The van der Waals surface area contributed by atoms with E-state index in [1.54, 1.807) is 0 Å². The first-order chi connectivity index (χ1) is 7.91. The van der Waals surface area contributed by atoms with E-state index in [4.69, 9.17) is 0 Å². The van der Waals surface area contributed by atoms with E-state index in [1.165, 1.54) is 16.8 Å². The van der Waals surface area contributed by atoms with Gasteiger partial charge in [0.1, 0.15) is 5.69 Å². The molecule has 0 spiro atoms. The third-order valence-corrected chi connectivity index (χ3v) is 2.22. The van der Waals surface area contributed by atoms with E-state index in [0.29, 0.717) is 12.5 Å². The number of carbonyl (C=O) groups excluding carboxylic acids is 1. The van der Waals surface area contributed by atoms with Gasteiger partial charge < -0.3 is 5.32 Å². The number of amides is 1. The number of nitrogens with zero attached hydrogens (tertiary/aromatic N) is 2. The Morgan fingerprint density at radius 3 is 2.53 bits per heavy atom. The predicted molar refractivity (Wildman–Crippen MR) is 66.1 cm³/mol. The number of hydrogen-bond acceptors (Lipinski definition) is 3. The van der Waals surface area contributed by atoms with E-state index in [9.17, 15) is 9.59 Å². The van der Waals surface area contributed by atoms with Gasteiger partial charge in [-0.05, 0) is 25.8 Å². The molecule has 5 heteroatoms. The first kappa shape index (κ1) is 13.4. The topological polar surface area (TPSA) is 64.0 Å². The van der Waals surface area contributed by atoms with E-state index in [2.05, 4.69) is 10.4 Å². The van der Waals surface area contributed by atoms with Crippen molar-refractivity contribution in [2.45, 2.75) is 33.7 Å². The predicted octanol–water partition coefficient (Wildman–Crippen LogP) is 1.21. The Hall–Kier alpha value is -1.65. The summed E-state index contributed by atoms with van der Waals surface area (Å²) in [6.45, 7) is 8.33. The molecule has 0 unspecified atom stereocenters. The summed E-state index contributed by atoms with van der Waals surface area (Å²) in [6, 6.07) is 2.77. The van der Waals surface area contributed by atoms with Gasteiger partial charge in [-0.3, -0.25) is 9.59 Å². The summed E-state index contributed by atoms with van der Waals surface area (Å²) in [5, 5.41) is 6.81. The van der Waals surface area contributed by atoms with Gasteiger partial charge in [-0.25, -0.2) is 4.68 Å². The average Bonchev–Trinajstić information content (AvgIpc) is 2.26. The van der Waals surface area contributed by atoms with Crippen LogP contribution in [0, 0.1) is 5.92 Å². The SMILES string of the molecule is CC(C)CNC(=O)c1ccc(=O)n(C(C)C)n1. The highest BCUT2D eigenvalue weighted by Gasteiger charge is 2.10. The molecule has 0 atom stereocenters. The first-order valence-corrected chi connectivity index (χ1v) is 5.80. The van der Waals surface area contributed by atoms with Crippen molar-refractivity contribution in [2.75, 3.05) is 6.54 Å². The molecule has 1 N–H and O–H groups in total. The minimum Gasteiger partial charge on any atom is -0.350 e. The second-order valence-electron chi connectivity index (χ2n) is 4.70. The van der Waals surface area contributed by atoms with Gasteiger partial charge in [-0.15, -0.1) is 0 Å². The Bertz CT molecular complexity index is 449. The molecular weight excluding hydrogens is 218 g/mol. The second-order valence-corrected chi connectivity index (χ2v) is 4.70. The van der Waals surface area contributed by atoms with Gasteiger partial charge >= 0.3 is 0 Å². The van der Waals surface area contributed by atoms with Crippen molar-refractivity contribution in [3.8, 4) is 0 Å². The molecule has 0 aliphatic rings. The molecule has 1 heterocycles. The molecule has 94 valence electrons. The normalized spacial score (nSPS) is 10.9. The lowest BCUT2D eigenvalue weighted by Gasteiger charge is -2.10. The van der Waals surface area contributed by atoms with Crippen LogP contribution in [0.2, 0.25) is 0 Å². The van der Waals surface area contributed by atoms with E-state index in [-0.39, 0.29) is 23.2 Å². The molecular formula is C12H19N3O2. The monoisotopic (exact) mass is 237 g/mol. The molecule has 0 bridgehead atoms. The highest BCUT2D eigenvalue weighted by atomic mass is 16.2. The van der Waals surface area contributed by atoms with Crippen LogP contribution in [0.5, 0.6) is 0 Å². The third-order valence-electron chi connectivity index (χ3n) is 2.22. The fraction of sp³-hybridized carbons (Fsp3) is 0.583. The van der Waals surface area contributed by atoms with Gasteiger partial charge in [-0.2, -0.15) is 5.10 Å². The number of rotatable bonds is 4. The van der Waals surface area contributed by atoms with Gasteiger partial charge in [0.05, 0.1) is 6.04 Å². The van der Waals surface area contributed by atoms with Crippen molar-refractivity contribution in [3.05, 3.63) is 28.2 Å². The molecule has 0 fully saturated rings. The molecule has 0 radical (unpaired) electrons. The zero-order chi connectivity index (χ0) is 13.0. The molecule has 0 aliphatic heterocycles. The quantitative estimate of drug-likeness (QED) is 0.856. The summed E-state index contributed by atoms with van der Waals surface area (Å²) in [5.41, 5.74) is 0.0827. The lowest BCUT2D eigenvalue weighted by atomic mass is 10.2. The Balaban J connectivity index is 2.88. The molecule has 1 aromatic rings. The van der Waals surface area contributed by atoms with Crippen LogP contribution in [-0.4, -0.2) is 22.2 Å². The summed E-state index contributed by atoms with van der Waals surface area (Å²) in [4.78, 5) is 23.2. The second kappa shape index (κ2) is 5.61. The molecule has 0 saturated heterocycles. The zero-order valence-corrected chi connectivity index (χ0v) is 10.7. The zero-order valence-electron chi connectivity index (χ0n) is 10.7. The minimum atomic E-state index is -0.242. The number of hydrogen-bond donors (Lipinski definition) is 1. The van der Waals surface area contributed by atoms with Crippen molar-refractivity contribution < 1.29 is 4.79 Å². The van der Waals surface area contributed by atoms with Crippen molar-refractivity contribution in [1.29, 1.82) is 0 Å². The summed E-state index contributed by atoms with van der Waals surface area (Å²) in [6.07, 6.45) is 0. The van der Waals surface area contributed by atoms with Crippen LogP contribution in [0.1, 0.15) is 44.2 Å². The Morgan fingerprint density at radius 2 is 2.00 bits per heavy atom. The molecule has 0 aromatic carbocycles. The smallest absolute Gasteiger partial charge is 0.271 e. The third kappa shape index (κ3) is 3.69. The van der Waals surface area contributed by atoms with E-state index in [1.807, 2.05) is 27.7 Å². The maximum absolute atomic E-state index is 11.7. The van der Waals surface area contributed by atoms with Crippen molar-refractivity contribution >= 4 is 5.91 Å². The number of carbonyl (C=O) groups is 1. The highest BCUT2D eigenvalue weighted by molar-refractivity contribution is 5.91. The standard InChI is InChI=1S/C12H19N3O2/c1-8(2)7-13-12(17)10-5-6-11(16)15(14-10)9(3)4/h5-6,8-9H,7H2,1-4H3,(H,13,17). The summed E-state index contributed by atoms with van der Waals surface area (Å²) in [7, 11) is 0. The van der Waals surface area contributed by atoms with E-state index < -0.39 is 0 Å². The largest absolute Gasteiger partial charge is 0.350 e. The minimum absolute atomic E-state index is 0.0552. The molecule has 5 nitrogen and oxygen atoms in total. The molecule has 17 heavy (non-hydrogen) atoms. The molecule has 1 rings (SSSR count). The lowest BCUT2D eigenvalue weighted by Crippen LogP contribution is -2.32. The van der Waals surface area contributed by atoms with Crippen LogP contribution in [0.15, 0.2) is 16.9 Å². The van der Waals surface area contributed by atoms with Gasteiger partial charge in [0.15, 0.2) is 0 Å². The van der Waals surface area contributed by atoms with Gasteiger partial charge in [0, 0.05) is 12.6 Å². The van der Waals surface area contributed by atoms with Crippen LogP contribution in [0.25, 0.3) is 0 Å². The fourth-order valence-electron chi connectivity index (χ4n) is 1.30. The maximum Gasteiger partial charge on any atom is 0.271 e. The van der Waals surface area contributed by atoms with E-state index >= 15 is 0 Å². The van der Waals surface area contributed by atoms with E-state index in [0.717, 1.165) is 0 Å². The van der Waals surface area contributed by atoms with Crippen molar-refractivity contribution in [2.24, 2.45) is 5.92 Å². The summed E-state index contributed by atoms with van der Waals surface area (Å²) >= 11 is 0. The average molecular weight is 237 g/mol. The molecule has 0 aliphatic carbocycles. The van der Waals surface area contributed by atoms with Gasteiger partial charge in [0.25, 0.3) is 11.5 Å². The molecule has 1 aromatic heterocycles. The van der Waals surface area contributed by atoms with Crippen LogP contribution in [0.4, 0.5) is 0 Å². The Kier molecular flexibility index (Phi) is 4.43. The lowest BCUT2D eigenvalue weighted by molar-refractivity contribution is 0.0941. The van der Waals surface area contributed by atoms with Gasteiger partial charge in [0.2, 0.25) is 0 Å². The Labute approximate surface area is 101 Å². The Morgan fingerprint density at radius 1 is 1.35 bits per heavy atom. The summed E-state index contributed by atoms with van der Waals surface area (Å²) in [5.74, 6) is 0.142. The first-order valence-electron chi connectivity index (χ1n) is 5.80. The van der Waals surface area contributed by atoms with Crippen molar-refractivity contribution in [1.82, 2.24) is 15.1 Å². The van der Waals surface area contributed by atoms with Crippen molar-refractivity contribution in [3.63, 3.8) is 0 Å². The number of aromatic nitrogens is 2. The van der Waals surface area contributed by atoms with Gasteiger partial charge in [-0.1, -0.05) is 13.8 Å². The molecule has 1 amide bonds. The summed E-state index contributed by atoms with van der Waals surface area (Å²) < 4.78 is 1.31.